The predicted octanol–water partition coefficient (Wildman–Crippen LogP) is 4.46. The summed E-state index contributed by atoms with van der Waals surface area (Å²) in [5.41, 5.74) is 1.32. The Bertz CT molecular complexity index is 538. The highest BCUT2D eigenvalue weighted by Crippen LogP contribution is 2.35. The zero-order chi connectivity index (χ0) is 13.0. The van der Waals surface area contributed by atoms with E-state index in [2.05, 4.69) is 72.8 Å². The quantitative estimate of drug-likeness (QED) is 0.715. The minimum absolute atomic E-state index is 1.16. The molecule has 1 aliphatic heterocycles. The SMILES string of the molecule is C(=C\c1ccccc1)/C[Si]1(c2ccccc2)CCC1. The molecule has 3 rings (SSSR count). The summed E-state index contributed by atoms with van der Waals surface area (Å²) in [5.74, 6) is 0. The van der Waals surface area contributed by atoms with Crippen LogP contribution >= 0.6 is 0 Å². The van der Waals surface area contributed by atoms with E-state index in [1.807, 2.05) is 0 Å². The van der Waals surface area contributed by atoms with Gasteiger partial charge in [0.05, 0.1) is 8.07 Å². The highest BCUT2D eigenvalue weighted by Gasteiger charge is 2.39. The molecule has 0 atom stereocenters. The molecule has 1 saturated heterocycles. The van der Waals surface area contributed by atoms with Crippen LogP contribution in [0.1, 0.15) is 12.0 Å². The van der Waals surface area contributed by atoms with E-state index in [0.717, 1.165) is 0 Å². The lowest BCUT2D eigenvalue weighted by Gasteiger charge is -2.39. The van der Waals surface area contributed by atoms with Crippen LogP contribution in [0.25, 0.3) is 6.08 Å². The molecule has 96 valence electrons. The molecule has 0 radical (unpaired) electrons. The van der Waals surface area contributed by atoms with Gasteiger partial charge in [0.15, 0.2) is 0 Å². The van der Waals surface area contributed by atoms with Crippen LogP contribution < -0.4 is 5.19 Å². The van der Waals surface area contributed by atoms with E-state index in [1.165, 1.54) is 30.1 Å². The lowest BCUT2D eigenvalue weighted by atomic mass is 10.2. The fraction of sp³-hybridized carbons (Fsp3) is 0.222. The van der Waals surface area contributed by atoms with E-state index in [9.17, 15) is 0 Å². The third-order valence-electron chi connectivity index (χ3n) is 4.32. The lowest BCUT2D eigenvalue weighted by Crippen LogP contribution is -2.52. The molecule has 0 saturated carbocycles. The first kappa shape index (κ1) is 12.4. The summed E-state index contributed by atoms with van der Waals surface area (Å²) in [6, 6.07) is 26.1. The molecule has 0 aliphatic carbocycles. The van der Waals surface area contributed by atoms with Gasteiger partial charge in [-0.05, 0) is 11.6 Å². The van der Waals surface area contributed by atoms with E-state index in [0.29, 0.717) is 0 Å². The van der Waals surface area contributed by atoms with Gasteiger partial charge in [-0.1, -0.05) is 96.5 Å². The van der Waals surface area contributed by atoms with Gasteiger partial charge in [-0.3, -0.25) is 0 Å². The molecule has 0 nitrogen and oxygen atoms in total. The van der Waals surface area contributed by atoms with E-state index >= 15 is 0 Å². The van der Waals surface area contributed by atoms with E-state index in [4.69, 9.17) is 0 Å². The van der Waals surface area contributed by atoms with Gasteiger partial charge < -0.3 is 0 Å². The molecule has 0 unspecified atom stereocenters. The molecule has 0 amide bonds. The van der Waals surface area contributed by atoms with Gasteiger partial charge in [-0.25, -0.2) is 0 Å². The van der Waals surface area contributed by atoms with Gasteiger partial charge in [0.2, 0.25) is 0 Å². The van der Waals surface area contributed by atoms with Crippen LogP contribution in [0.5, 0.6) is 0 Å². The molecular formula is C18H20Si. The van der Waals surface area contributed by atoms with Gasteiger partial charge in [0.25, 0.3) is 0 Å². The number of rotatable bonds is 4. The predicted molar refractivity (Wildman–Crippen MR) is 86.3 cm³/mol. The fourth-order valence-electron chi connectivity index (χ4n) is 2.99. The van der Waals surface area contributed by atoms with E-state index < -0.39 is 8.07 Å². The molecule has 0 spiro atoms. The smallest absolute Gasteiger partial charge is 0.0863 e. The molecular weight excluding hydrogens is 244 g/mol. The van der Waals surface area contributed by atoms with Gasteiger partial charge in [0, 0.05) is 0 Å². The van der Waals surface area contributed by atoms with E-state index in [1.54, 1.807) is 5.19 Å². The minimum atomic E-state index is -1.16. The molecule has 0 bridgehead atoms. The summed E-state index contributed by atoms with van der Waals surface area (Å²) in [6.45, 7) is 0. The Hall–Kier alpha value is -1.60. The van der Waals surface area contributed by atoms with Crippen molar-refractivity contribution in [1.29, 1.82) is 0 Å². The van der Waals surface area contributed by atoms with Crippen LogP contribution in [-0.2, 0) is 0 Å². The van der Waals surface area contributed by atoms with Crippen molar-refractivity contribution in [3.05, 3.63) is 72.3 Å². The number of hydrogen-bond donors (Lipinski definition) is 0. The molecule has 1 heterocycles. The molecule has 19 heavy (non-hydrogen) atoms. The molecule has 1 heteroatoms. The zero-order valence-corrected chi connectivity index (χ0v) is 12.3. The standard InChI is InChI=1S/C18H20Si/c1-3-9-17(10-4-1)11-7-14-19(15-8-16-19)18-12-5-2-6-13-18/h1-7,9-13H,8,14-16H2/b11-7+. The van der Waals surface area contributed by atoms with Crippen molar-refractivity contribution in [1.82, 2.24) is 0 Å². The van der Waals surface area contributed by atoms with Crippen molar-refractivity contribution >= 4 is 19.3 Å². The Balaban J connectivity index is 1.73. The second kappa shape index (κ2) is 5.58. The normalized spacial score (nSPS) is 17.3. The average molecular weight is 264 g/mol. The summed E-state index contributed by atoms with van der Waals surface area (Å²) in [4.78, 5) is 0. The first-order valence-corrected chi connectivity index (χ1v) is 9.78. The largest absolute Gasteiger partial charge is 0.0903 e. The van der Waals surface area contributed by atoms with Crippen LogP contribution in [0.3, 0.4) is 0 Å². The van der Waals surface area contributed by atoms with Crippen molar-refractivity contribution in [3.63, 3.8) is 0 Å². The maximum atomic E-state index is 2.41. The van der Waals surface area contributed by atoms with Gasteiger partial charge >= 0.3 is 0 Å². The fourth-order valence-corrected chi connectivity index (χ4v) is 6.89. The molecule has 1 fully saturated rings. The summed E-state index contributed by atoms with van der Waals surface area (Å²) >= 11 is 0. The Kier molecular flexibility index (Phi) is 3.65. The van der Waals surface area contributed by atoms with Crippen molar-refractivity contribution < 1.29 is 0 Å². The Morgan fingerprint density at radius 2 is 1.47 bits per heavy atom. The first-order chi connectivity index (χ1) is 9.39. The Morgan fingerprint density at radius 1 is 0.842 bits per heavy atom. The van der Waals surface area contributed by atoms with Crippen LogP contribution in [0.2, 0.25) is 18.1 Å². The number of hydrogen-bond acceptors (Lipinski definition) is 0. The Labute approximate surface area is 116 Å². The van der Waals surface area contributed by atoms with Crippen molar-refractivity contribution in [2.24, 2.45) is 0 Å². The maximum Gasteiger partial charge on any atom is 0.0903 e. The van der Waals surface area contributed by atoms with Crippen LogP contribution in [0.4, 0.5) is 0 Å². The topological polar surface area (TPSA) is 0 Å². The highest BCUT2D eigenvalue weighted by molar-refractivity contribution is 6.94. The van der Waals surface area contributed by atoms with Gasteiger partial charge in [-0.2, -0.15) is 0 Å². The van der Waals surface area contributed by atoms with Gasteiger partial charge in [-0.15, -0.1) is 0 Å². The lowest BCUT2D eigenvalue weighted by molar-refractivity contribution is 0.906. The first-order valence-electron chi connectivity index (χ1n) is 7.16. The summed E-state index contributed by atoms with van der Waals surface area (Å²) in [5, 5.41) is 1.65. The van der Waals surface area contributed by atoms with Crippen LogP contribution in [0.15, 0.2) is 66.7 Å². The van der Waals surface area contributed by atoms with Crippen LogP contribution in [-0.4, -0.2) is 8.07 Å². The van der Waals surface area contributed by atoms with Crippen molar-refractivity contribution in [2.45, 2.75) is 24.6 Å². The zero-order valence-electron chi connectivity index (χ0n) is 11.3. The van der Waals surface area contributed by atoms with Crippen molar-refractivity contribution in [3.8, 4) is 0 Å². The highest BCUT2D eigenvalue weighted by atomic mass is 28.3. The monoisotopic (exact) mass is 264 g/mol. The van der Waals surface area contributed by atoms with Crippen molar-refractivity contribution in [2.75, 3.05) is 0 Å². The second-order valence-electron chi connectivity index (χ2n) is 5.52. The van der Waals surface area contributed by atoms with E-state index in [-0.39, 0.29) is 0 Å². The maximum absolute atomic E-state index is 2.41. The summed E-state index contributed by atoms with van der Waals surface area (Å²) in [7, 11) is -1.16. The minimum Gasteiger partial charge on any atom is -0.0863 e. The van der Waals surface area contributed by atoms with Crippen LogP contribution in [0, 0.1) is 0 Å². The molecule has 0 aromatic heterocycles. The molecule has 0 N–H and O–H groups in total. The Morgan fingerprint density at radius 3 is 2.05 bits per heavy atom. The summed E-state index contributed by atoms with van der Waals surface area (Å²) < 4.78 is 0. The van der Waals surface area contributed by atoms with Gasteiger partial charge in [0.1, 0.15) is 0 Å². The second-order valence-corrected chi connectivity index (χ2v) is 10.1. The third kappa shape index (κ3) is 2.71. The molecule has 2 aromatic rings. The average Bonchev–Trinajstić information content (AvgIpc) is 2.44. The summed E-state index contributed by atoms with van der Waals surface area (Å²) in [6.07, 6.45) is 6.13. The third-order valence-corrected chi connectivity index (χ3v) is 9.51. The number of benzene rings is 2. The molecule has 1 aliphatic rings. The number of allylic oxidation sites excluding steroid dienone is 1. The molecule has 2 aromatic carbocycles.